The summed E-state index contributed by atoms with van der Waals surface area (Å²) in [7, 11) is 0. The molecule has 0 bridgehead atoms. The molecule has 2 heterocycles. The Morgan fingerprint density at radius 1 is 1.03 bits per heavy atom. The quantitative estimate of drug-likeness (QED) is 0.857. The number of rotatable bonds is 4. The van der Waals surface area contributed by atoms with Crippen LogP contribution in [0.15, 0.2) is 48.5 Å². The summed E-state index contributed by atoms with van der Waals surface area (Å²) in [5.41, 5.74) is 5.74. The van der Waals surface area contributed by atoms with Gasteiger partial charge in [0.05, 0.1) is 18.7 Å². The predicted octanol–water partition coefficient (Wildman–Crippen LogP) is 2.66. The van der Waals surface area contributed by atoms with E-state index in [1.807, 2.05) is 0 Å². The largest absolute Gasteiger partial charge is 0.326 e. The Labute approximate surface area is 178 Å². The van der Waals surface area contributed by atoms with Crippen LogP contribution >= 0.6 is 0 Å². The highest BCUT2D eigenvalue weighted by molar-refractivity contribution is 5.79. The fraction of sp³-hybridized carbons (Fsp3) is 0.440. The highest BCUT2D eigenvalue weighted by atomic mass is 16.2. The second-order valence-electron chi connectivity index (χ2n) is 8.71. The molecule has 2 aromatic rings. The Morgan fingerprint density at radius 3 is 2.30 bits per heavy atom. The fourth-order valence-corrected chi connectivity index (χ4v) is 5.27. The monoisotopic (exact) mass is 400 g/mol. The van der Waals surface area contributed by atoms with Crippen molar-refractivity contribution in [2.75, 3.05) is 26.2 Å². The molecule has 5 heteroatoms. The van der Waals surface area contributed by atoms with E-state index in [1.165, 1.54) is 22.3 Å². The van der Waals surface area contributed by atoms with Crippen molar-refractivity contribution in [3.63, 3.8) is 0 Å². The van der Waals surface area contributed by atoms with Gasteiger partial charge in [0.25, 0.3) is 0 Å². The SMILES string of the molecule is N#C[C@@H]1CCCN1C(=O)CNC1CN(C2c3ccccc3CCc3ccccc32)C1. The number of hydrogen-bond donors (Lipinski definition) is 1. The lowest BCUT2D eigenvalue weighted by molar-refractivity contribution is -0.130. The summed E-state index contributed by atoms with van der Waals surface area (Å²) in [5.74, 6) is 0.0580. The van der Waals surface area contributed by atoms with Gasteiger partial charge in [-0.2, -0.15) is 5.26 Å². The van der Waals surface area contributed by atoms with E-state index in [0.717, 1.165) is 38.8 Å². The first kappa shape index (κ1) is 19.3. The zero-order chi connectivity index (χ0) is 20.5. The molecule has 0 aromatic heterocycles. The highest BCUT2D eigenvalue weighted by Crippen LogP contribution is 2.38. The smallest absolute Gasteiger partial charge is 0.237 e. The van der Waals surface area contributed by atoms with Gasteiger partial charge >= 0.3 is 0 Å². The van der Waals surface area contributed by atoms with Crippen LogP contribution in [-0.4, -0.2) is 54.0 Å². The molecule has 0 saturated carbocycles. The number of benzene rings is 2. The van der Waals surface area contributed by atoms with Crippen LogP contribution in [0.4, 0.5) is 0 Å². The second kappa shape index (κ2) is 8.22. The average molecular weight is 401 g/mol. The van der Waals surface area contributed by atoms with Gasteiger partial charge in [-0.3, -0.25) is 9.69 Å². The standard InChI is InChI=1S/C25H28N4O/c26-14-21-8-5-13-29(21)24(30)15-27-20-16-28(17-20)25-22-9-3-1-6-18(22)11-12-19-7-2-4-10-23(19)25/h1-4,6-7,9-10,20-21,25,27H,5,8,11-13,15-17H2/t21-/m0/s1. The van der Waals surface area contributed by atoms with Crippen LogP contribution in [0.1, 0.15) is 41.1 Å². The van der Waals surface area contributed by atoms with Crippen LogP contribution in [0.2, 0.25) is 0 Å². The molecular formula is C25H28N4O. The van der Waals surface area contributed by atoms with Gasteiger partial charge in [0.1, 0.15) is 6.04 Å². The Balaban J connectivity index is 1.26. The summed E-state index contributed by atoms with van der Waals surface area (Å²) < 4.78 is 0. The third kappa shape index (κ3) is 3.51. The molecule has 5 nitrogen and oxygen atoms in total. The van der Waals surface area contributed by atoms with Crippen LogP contribution in [-0.2, 0) is 17.6 Å². The minimum absolute atomic E-state index is 0.0580. The fourth-order valence-electron chi connectivity index (χ4n) is 5.27. The molecule has 2 fully saturated rings. The van der Waals surface area contributed by atoms with E-state index >= 15 is 0 Å². The highest BCUT2D eigenvalue weighted by Gasteiger charge is 2.37. The first-order valence-electron chi connectivity index (χ1n) is 11.1. The van der Waals surface area contributed by atoms with Crippen LogP contribution < -0.4 is 5.32 Å². The summed E-state index contributed by atoms with van der Waals surface area (Å²) >= 11 is 0. The molecule has 1 atom stereocenters. The third-order valence-electron chi connectivity index (χ3n) is 6.90. The Bertz CT molecular complexity index is 928. The van der Waals surface area contributed by atoms with Gasteiger partial charge in [-0.05, 0) is 47.9 Å². The van der Waals surface area contributed by atoms with Crippen molar-refractivity contribution in [3.05, 3.63) is 70.8 Å². The van der Waals surface area contributed by atoms with Gasteiger partial charge in [0, 0.05) is 25.7 Å². The number of amides is 1. The molecule has 1 amide bonds. The number of likely N-dealkylation sites (tertiary alicyclic amines) is 2. The Hall–Kier alpha value is -2.68. The number of fused-ring (bicyclic) bond motifs is 2. The molecule has 1 aliphatic carbocycles. The molecular weight excluding hydrogens is 372 g/mol. The number of aryl methyl sites for hydroxylation is 2. The van der Waals surface area contributed by atoms with Crippen LogP contribution in [0.3, 0.4) is 0 Å². The maximum absolute atomic E-state index is 12.5. The Morgan fingerprint density at radius 2 is 1.67 bits per heavy atom. The van der Waals surface area contributed by atoms with Gasteiger partial charge in [-0.15, -0.1) is 0 Å². The molecule has 154 valence electrons. The van der Waals surface area contributed by atoms with Crippen LogP contribution in [0.5, 0.6) is 0 Å². The number of hydrogen-bond acceptors (Lipinski definition) is 4. The van der Waals surface area contributed by atoms with E-state index in [1.54, 1.807) is 4.90 Å². The number of carbonyl (C=O) groups is 1. The molecule has 2 aromatic carbocycles. The lowest BCUT2D eigenvalue weighted by atomic mass is 9.90. The summed E-state index contributed by atoms with van der Waals surface area (Å²) in [6.07, 6.45) is 3.91. The molecule has 30 heavy (non-hydrogen) atoms. The van der Waals surface area contributed by atoms with Gasteiger partial charge in [-0.25, -0.2) is 0 Å². The summed E-state index contributed by atoms with van der Waals surface area (Å²) in [5, 5.41) is 12.6. The van der Waals surface area contributed by atoms with Crippen LogP contribution in [0.25, 0.3) is 0 Å². The van der Waals surface area contributed by atoms with Gasteiger partial charge in [0.15, 0.2) is 0 Å². The van der Waals surface area contributed by atoms with Crippen molar-refractivity contribution in [1.82, 2.24) is 15.1 Å². The van der Waals surface area contributed by atoms with Crippen molar-refractivity contribution in [1.29, 1.82) is 5.26 Å². The molecule has 1 N–H and O–H groups in total. The molecule has 3 aliphatic rings. The maximum Gasteiger partial charge on any atom is 0.237 e. The van der Waals surface area contributed by atoms with E-state index in [0.29, 0.717) is 19.1 Å². The molecule has 2 saturated heterocycles. The second-order valence-corrected chi connectivity index (χ2v) is 8.71. The van der Waals surface area contributed by atoms with E-state index in [2.05, 4.69) is 64.8 Å². The topological polar surface area (TPSA) is 59.4 Å². The molecule has 2 aliphatic heterocycles. The first-order valence-corrected chi connectivity index (χ1v) is 11.1. The van der Waals surface area contributed by atoms with E-state index in [4.69, 9.17) is 0 Å². The van der Waals surface area contributed by atoms with Crippen molar-refractivity contribution >= 4 is 5.91 Å². The van der Waals surface area contributed by atoms with Crippen molar-refractivity contribution < 1.29 is 4.79 Å². The molecule has 0 unspecified atom stereocenters. The average Bonchev–Trinajstić information content (AvgIpc) is 3.17. The lowest BCUT2D eigenvalue weighted by Gasteiger charge is -2.45. The predicted molar refractivity (Wildman–Crippen MR) is 116 cm³/mol. The zero-order valence-corrected chi connectivity index (χ0v) is 17.3. The summed E-state index contributed by atoms with van der Waals surface area (Å²) in [4.78, 5) is 16.8. The minimum atomic E-state index is -0.240. The molecule has 0 spiro atoms. The van der Waals surface area contributed by atoms with Gasteiger partial charge < -0.3 is 10.2 Å². The zero-order valence-electron chi connectivity index (χ0n) is 17.3. The molecule has 5 rings (SSSR count). The van der Waals surface area contributed by atoms with E-state index in [9.17, 15) is 10.1 Å². The summed E-state index contributed by atoms with van der Waals surface area (Å²) in [6, 6.07) is 20.3. The minimum Gasteiger partial charge on any atom is -0.326 e. The van der Waals surface area contributed by atoms with Crippen LogP contribution in [0, 0.1) is 11.3 Å². The van der Waals surface area contributed by atoms with Gasteiger partial charge in [0.2, 0.25) is 5.91 Å². The van der Waals surface area contributed by atoms with Crippen molar-refractivity contribution in [3.8, 4) is 6.07 Å². The van der Waals surface area contributed by atoms with E-state index < -0.39 is 0 Å². The maximum atomic E-state index is 12.5. The van der Waals surface area contributed by atoms with Crippen molar-refractivity contribution in [2.45, 2.75) is 43.8 Å². The lowest BCUT2D eigenvalue weighted by Crippen LogP contribution is -2.60. The number of carbonyl (C=O) groups excluding carboxylic acids is 1. The van der Waals surface area contributed by atoms with Crippen molar-refractivity contribution in [2.24, 2.45) is 0 Å². The Kier molecular flexibility index (Phi) is 5.28. The summed E-state index contributed by atoms with van der Waals surface area (Å²) in [6.45, 7) is 2.91. The number of nitriles is 1. The number of nitrogens with zero attached hydrogens (tertiary/aromatic N) is 3. The number of nitrogens with one attached hydrogen (secondary N) is 1. The van der Waals surface area contributed by atoms with Gasteiger partial charge in [-0.1, -0.05) is 48.5 Å². The molecule has 0 radical (unpaired) electrons. The third-order valence-corrected chi connectivity index (χ3v) is 6.90. The van der Waals surface area contributed by atoms with E-state index in [-0.39, 0.29) is 18.0 Å². The first-order chi connectivity index (χ1) is 14.7. The normalized spacial score (nSPS) is 22.0.